The molecule has 0 atom stereocenters. The highest BCUT2D eigenvalue weighted by atomic mass is 79.9. The third-order valence-electron chi connectivity index (χ3n) is 3.02. The Kier molecular flexibility index (Phi) is 4.22. The number of rotatable bonds is 4. The van der Waals surface area contributed by atoms with Gasteiger partial charge in [0.15, 0.2) is 0 Å². The fraction of sp³-hybridized carbons (Fsp3) is 0.0667. The largest absolute Gasteiger partial charge is 0.381 e. The van der Waals surface area contributed by atoms with E-state index in [1.54, 1.807) is 17.2 Å². The van der Waals surface area contributed by atoms with E-state index in [1.807, 2.05) is 42.5 Å². The van der Waals surface area contributed by atoms with Crippen LogP contribution in [0.25, 0.3) is 5.69 Å². The Morgan fingerprint density at radius 3 is 2.43 bits per heavy atom. The summed E-state index contributed by atoms with van der Waals surface area (Å²) in [6, 6.07) is 13.7. The van der Waals surface area contributed by atoms with Crippen LogP contribution in [0.1, 0.15) is 5.56 Å². The standard InChI is InChI=1S/C15H12BrClN4/c16-15-9-12(17)2-1-11(15)10-18-13-3-5-14(6-4-13)21-19-7-8-20-21/h1-9,18H,10H2. The van der Waals surface area contributed by atoms with Gasteiger partial charge < -0.3 is 5.32 Å². The molecule has 4 nitrogen and oxygen atoms in total. The predicted octanol–water partition coefficient (Wildman–Crippen LogP) is 4.30. The minimum Gasteiger partial charge on any atom is -0.381 e. The summed E-state index contributed by atoms with van der Waals surface area (Å²) in [4.78, 5) is 1.58. The Hall–Kier alpha value is -1.85. The van der Waals surface area contributed by atoms with Crippen molar-refractivity contribution >= 4 is 33.2 Å². The van der Waals surface area contributed by atoms with Crippen molar-refractivity contribution in [3.63, 3.8) is 0 Å². The summed E-state index contributed by atoms with van der Waals surface area (Å²) in [6.45, 7) is 0.719. The number of anilines is 1. The number of hydrogen-bond acceptors (Lipinski definition) is 3. The average Bonchev–Trinajstić information content (AvgIpc) is 3.01. The molecule has 0 aliphatic carbocycles. The van der Waals surface area contributed by atoms with E-state index in [2.05, 4.69) is 31.4 Å². The van der Waals surface area contributed by atoms with Gasteiger partial charge in [-0.3, -0.25) is 0 Å². The quantitative estimate of drug-likeness (QED) is 0.751. The first-order valence-corrected chi connectivity index (χ1v) is 7.54. The number of benzene rings is 2. The Labute approximate surface area is 135 Å². The monoisotopic (exact) mass is 362 g/mol. The summed E-state index contributed by atoms with van der Waals surface area (Å²) in [6.07, 6.45) is 3.31. The number of nitrogens with zero attached hydrogens (tertiary/aromatic N) is 3. The molecule has 0 aliphatic rings. The molecule has 1 heterocycles. The zero-order valence-corrected chi connectivity index (χ0v) is 13.3. The van der Waals surface area contributed by atoms with Gasteiger partial charge in [-0.1, -0.05) is 33.6 Å². The molecule has 0 bridgehead atoms. The van der Waals surface area contributed by atoms with Gasteiger partial charge in [-0.2, -0.15) is 15.0 Å². The third-order valence-corrected chi connectivity index (χ3v) is 3.99. The molecule has 3 aromatic rings. The second-order valence-electron chi connectivity index (χ2n) is 4.45. The van der Waals surface area contributed by atoms with Crippen LogP contribution in [0.3, 0.4) is 0 Å². The lowest BCUT2D eigenvalue weighted by molar-refractivity contribution is 0.752. The summed E-state index contributed by atoms with van der Waals surface area (Å²) in [5.41, 5.74) is 3.11. The second kappa shape index (κ2) is 6.28. The first-order chi connectivity index (χ1) is 10.2. The van der Waals surface area contributed by atoms with Crippen molar-refractivity contribution in [2.45, 2.75) is 6.54 Å². The number of aromatic nitrogens is 3. The van der Waals surface area contributed by atoms with Crippen LogP contribution in [0, 0.1) is 0 Å². The van der Waals surface area contributed by atoms with Gasteiger partial charge in [-0.15, -0.1) is 0 Å². The van der Waals surface area contributed by atoms with Gasteiger partial charge in [0.2, 0.25) is 0 Å². The lowest BCUT2D eigenvalue weighted by atomic mass is 10.2. The maximum absolute atomic E-state index is 5.94. The van der Waals surface area contributed by atoms with Crippen molar-refractivity contribution in [2.75, 3.05) is 5.32 Å². The second-order valence-corrected chi connectivity index (χ2v) is 5.75. The average molecular weight is 364 g/mol. The van der Waals surface area contributed by atoms with Crippen molar-refractivity contribution in [1.29, 1.82) is 0 Å². The normalized spacial score (nSPS) is 10.6. The summed E-state index contributed by atoms with van der Waals surface area (Å²) in [5, 5.41) is 12.3. The van der Waals surface area contributed by atoms with Crippen LogP contribution in [0.15, 0.2) is 59.3 Å². The molecule has 0 fully saturated rings. The zero-order valence-electron chi connectivity index (χ0n) is 11.0. The van der Waals surface area contributed by atoms with Crippen molar-refractivity contribution < 1.29 is 0 Å². The maximum Gasteiger partial charge on any atom is 0.0858 e. The summed E-state index contributed by atoms with van der Waals surface area (Å²) in [5.74, 6) is 0. The molecular weight excluding hydrogens is 352 g/mol. The van der Waals surface area contributed by atoms with Gasteiger partial charge in [0.25, 0.3) is 0 Å². The van der Waals surface area contributed by atoms with E-state index in [9.17, 15) is 0 Å². The Bertz CT molecular complexity index is 726. The van der Waals surface area contributed by atoms with Crippen LogP contribution in [0.5, 0.6) is 0 Å². The molecule has 0 spiro atoms. The SMILES string of the molecule is Clc1ccc(CNc2ccc(-n3nccn3)cc2)c(Br)c1. The van der Waals surface area contributed by atoms with Gasteiger partial charge >= 0.3 is 0 Å². The molecule has 0 unspecified atom stereocenters. The Morgan fingerprint density at radius 2 is 1.76 bits per heavy atom. The molecule has 0 saturated heterocycles. The maximum atomic E-state index is 5.94. The van der Waals surface area contributed by atoms with E-state index in [1.165, 1.54) is 0 Å². The van der Waals surface area contributed by atoms with Gasteiger partial charge in [0, 0.05) is 21.7 Å². The third kappa shape index (κ3) is 3.43. The molecule has 1 aromatic heterocycles. The van der Waals surface area contributed by atoms with Crippen molar-refractivity contribution in [1.82, 2.24) is 15.0 Å². The molecule has 106 valence electrons. The summed E-state index contributed by atoms with van der Waals surface area (Å²) < 4.78 is 1.000. The summed E-state index contributed by atoms with van der Waals surface area (Å²) >= 11 is 9.45. The lowest BCUT2D eigenvalue weighted by Gasteiger charge is -2.09. The number of hydrogen-bond donors (Lipinski definition) is 1. The van der Waals surface area contributed by atoms with Crippen molar-refractivity contribution in [2.24, 2.45) is 0 Å². The molecule has 3 rings (SSSR count). The smallest absolute Gasteiger partial charge is 0.0858 e. The van der Waals surface area contributed by atoms with Crippen LogP contribution >= 0.6 is 27.5 Å². The minimum atomic E-state index is 0.719. The van der Waals surface area contributed by atoms with E-state index in [4.69, 9.17) is 11.6 Å². The molecule has 6 heteroatoms. The van der Waals surface area contributed by atoms with Crippen molar-refractivity contribution in [3.8, 4) is 5.69 Å². The molecule has 1 N–H and O–H groups in total. The molecule has 0 saturated carbocycles. The van der Waals surface area contributed by atoms with E-state index < -0.39 is 0 Å². The minimum absolute atomic E-state index is 0.719. The van der Waals surface area contributed by atoms with Gasteiger partial charge in [0.1, 0.15) is 0 Å². The van der Waals surface area contributed by atoms with Gasteiger partial charge in [-0.05, 0) is 42.0 Å². The molecule has 2 aromatic carbocycles. The van der Waals surface area contributed by atoms with Crippen LogP contribution in [0.2, 0.25) is 5.02 Å². The molecule has 0 radical (unpaired) electrons. The fourth-order valence-corrected chi connectivity index (χ4v) is 2.75. The topological polar surface area (TPSA) is 42.7 Å². The highest BCUT2D eigenvalue weighted by Crippen LogP contribution is 2.22. The van der Waals surface area contributed by atoms with Crippen LogP contribution in [0.4, 0.5) is 5.69 Å². The molecule has 0 aliphatic heterocycles. The highest BCUT2D eigenvalue weighted by Gasteiger charge is 2.02. The van der Waals surface area contributed by atoms with Crippen LogP contribution in [-0.2, 0) is 6.54 Å². The van der Waals surface area contributed by atoms with E-state index in [0.717, 1.165) is 33.0 Å². The Morgan fingerprint density at radius 1 is 1.05 bits per heavy atom. The molecule has 0 amide bonds. The van der Waals surface area contributed by atoms with E-state index in [0.29, 0.717) is 0 Å². The zero-order chi connectivity index (χ0) is 14.7. The van der Waals surface area contributed by atoms with E-state index >= 15 is 0 Å². The first kappa shape index (κ1) is 14.1. The number of nitrogens with one attached hydrogen (secondary N) is 1. The molecule has 21 heavy (non-hydrogen) atoms. The predicted molar refractivity (Wildman–Crippen MR) is 87.8 cm³/mol. The molecular formula is C15H12BrClN4. The summed E-state index contributed by atoms with van der Waals surface area (Å²) in [7, 11) is 0. The van der Waals surface area contributed by atoms with Gasteiger partial charge in [-0.25, -0.2) is 0 Å². The van der Waals surface area contributed by atoms with E-state index in [-0.39, 0.29) is 0 Å². The van der Waals surface area contributed by atoms with Crippen LogP contribution in [-0.4, -0.2) is 15.0 Å². The lowest BCUT2D eigenvalue weighted by Crippen LogP contribution is -2.01. The first-order valence-electron chi connectivity index (χ1n) is 6.37. The Balaban J connectivity index is 1.68. The highest BCUT2D eigenvalue weighted by molar-refractivity contribution is 9.10. The fourth-order valence-electron chi connectivity index (χ4n) is 1.92. The number of halogens is 2. The van der Waals surface area contributed by atoms with Crippen LogP contribution < -0.4 is 5.32 Å². The van der Waals surface area contributed by atoms with Gasteiger partial charge in [0.05, 0.1) is 18.1 Å². The van der Waals surface area contributed by atoms with Crippen molar-refractivity contribution in [3.05, 3.63) is 69.9 Å².